The molecule has 0 amide bonds. The van der Waals surface area contributed by atoms with Gasteiger partial charge in [-0.2, -0.15) is 0 Å². The van der Waals surface area contributed by atoms with Gasteiger partial charge in [0.1, 0.15) is 0 Å². The van der Waals surface area contributed by atoms with Gasteiger partial charge in [0.2, 0.25) is 0 Å². The lowest BCUT2D eigenvalue weighted by Gasteiger charge is -2.20. The number of hydrogen-bond donors (Lipinski definition) is 2. The molecule has 0 spiro atoms. The quantitative estimate of drug-likeness (QED) is 0.211. The molecule has 3 heteroatoms. The number of allylic oxidation sites excluding steroid dienone is 2. The van der Waals surface area contributed by atoms with E-state index >= 15 is 0 Å². The van der Waals surface area contributed by atoms with Gasteiger partial charge in [-0.3, -0.25) is 4.79 Å². The van der Waals surface area contributed by atoms with Crippen molar-refractivity contribution in [2.24, 2.45) is 17.6 Å². The number of nitrogens with two attached hydrogens (primary N) is 1. The summed E-state index contributed by atoms with van der Waals surface area (Å²) in [6, 6.07) is 10.7. The van der Waals surface area contributed by atoms with E-state index in [0.717, 1.165) is 38.5 Å². The smallest absolute Gasteiger partial charge is 0.303 e. The number of aryl methyl sites for hydroxylation is 1. The predicted octanol–water partition coefficient (Wildman–Crippen LogP) is 6.76. The average molecular weight is 402 g/mol. The normalized spacial score (nSPS) is 13.6. The third kappa shape index (κ3) is 14.1. The lowest BCUT2D eigenvalue weighted by Crippen LogP contribution is -2.13. The first-order valence-corrected chi connectivity index (χ1v) is 11.8. The summed E-state index contributed by atoms with van der Waals surface area (Å²) in [4.78, 5) is 10.9. The molecule has 0 saturated carbocycles. The van der Waals surface area contributed by atoms with Crippen molar-refractivity contribution < 1.29 is 9.90 Å². The second-order valence-corrected chi connectivity index (χ2v) is 8.40. The van der Waals surface area contributed by atoms with Crippen molar-refractivity contribution in [1.29, 1.82) is 0 Å². The Morgan fingerprint density at radius 3 is 2.41 bits per heavy atom. The molecule has 0 aliphatic carbocycles. The zero-order valence-corrected chi connectivity index (χ0v) is 18.5. The van der Waals surface area contributed by atoms with E-state index in [-0.39, 0.29) is 6.42 Å². The van der Waals surface area contributed by atoms with Crippen molar-refractivity contribution in [1.82, 2.24) is 0 Å². The van der Waals surface area contributed by atoms with E-state index in [9.17, 15) is 4.79 Å². The minimum absolute atomic E-state index is 0.261. The van der Waals surface area contributed by atoms with Crippen LogP contribution in [0.2, 0.25) is 0 Å². The fourth-order valence-electron chi connectivity index (χ4n) is 3.96. The molecule has 2 unspecified atom stereocenters. The van der Waals surface area contributed by atoms with Gasteiger partial charge in [0, 0.05) is 6.42 Å². The first-order chi connectivity index (χ1) is 14.2. The molecule has 164 valence electrons. The standard InChI is InChI=1S/C26H43NO2/c1-2-3-4-5-6-7-9-14-24(16-15-23-12-10-8-11-13-23)17-18-25(21-22-27)19-20-26(28)29/h7-13,24-25H,2-6,14-22,27H2,1H3,(H,28,29). The van der Waals surface area contributed by atoms with Gasteiger partial charge in [0.15, 0.2) is 0 Å². The van der Waals surface area contributed by atoms with Crippen molar-refractivity contribution in [3.63, 3.8) is 0 Å². The highest BCUT2D eigenvalue weighted by Crippen LogP contribution is 2.25. The predicted molar refractivity (Wildman–Crippen MR) is 124 cm³/mol. The maximum Gasteiger partial charge on any atom is 0.303 e. The molecule has 1 rings (SSSR count). The van der Waals surface area contributed by atoms with Crippen LogP contribution >= 0.6 is 0 Å². The maximum atomic E-state index is 10.9. The second kappa shape index (κ2) is 17.3. The highest BCUT2D eigenvalue weighted by atomic mass is 16.4. The highest BCUT2D eigenvalue weighted by molar-refractivity contribution is 5.66. The minimum Gasteiger partial charge on any atom is -0.481 e. The van der Waals surface area contributed by atoms with Gasteiger partial charge in [-0.05, 0) is 75.3 Å². The molecule has 29 heavy (non-hydrogen) atoms. The van der Waals surface area contributed by atoms with Crippen LogP contribution in [0, 0.1) is 11.8 Å². The van der Waals surface area contributed by atoms with E-state index in [1.165, 1.54) is 44.1 Å². The van der Waals surface area contributed by atoms with Gasteiger partial charge in [0.05, 0.1) is 0 Å². The van der Waals surface area contributed by atoms with Gasteiger partial charge in [0.25, 0.3) is 0 Å². The molecule has 3 N–H and O–H groups in total. The van der Waals surface area contributed by atoms with E-state index < -0.39 is 5.97 Å². The third-order valence-corrected chi connectivity index (χ3v) is 5.87. The van der Waals surface area contributed by atoms with Gasteiger partial charge in [-0.1, -0.05) is 75.1 Å². The largest absolute Gasteiger partial charge is 0.481 e. The van der Waals surface area contributed by atoms with Crippen LogP contribution < -0.4 is 5.73 Å². The molecule has 0 radical (unpaired) electrons. The molecule has 0 saturated heterocycles. The van der Waals surface area contributed by atoms with E-state index in [0.29, 0.717) is 18.4 Å². The first kappa shape index (κ1) is 25.4. The van der Waals surface area contributed by atoms with E-state index in [2.05, 4.69) is 49.4 Å². The molecule has 0 bridgehead atoms. The van der Waals surface area contributed by atoms with Gasteiger partial charge >= 0.3 is 5.97 Å². The van der Waals surface area contributed by atoms with Crippen LogP contribution in [0.15, 0.2) is 42.5 Å². The highest BCUT2D eigenvalue weighted by Gasteiger charge is 2.14. The van der Waals surface area contributed by atoms with Crippen molar-refractivity contribution >= 4 is 5.97 Å². The lowest BCUT2D eigenvalue weighted by atomic mass is 9.86. The zero-order chi connectivity index (χ0) is 21.2. The van der Waals surface area contributed by atoms with Gasteiger partial charge in [-0.25, -0.2) is 0 Å². The first-order valence-electron chi connectivity index (χ1n) is 11.8. The second-order valence-electron chi connectivity index (χ2n) is 8.40. The summed E-state index contributed by atoms with van der Waals surface area (Å²) < 4.78 is 0. The molecule has 2 atom stereocenters. The van der Waals surface area contributed by atoms with Crippen LogP contribution in [0.5, 0.6) is 0 Å². The van der Waals surface area contributed by atoms with Crippen molar-refractivity contribution in [2.45, 2.75) is 90.4 Å². The third-order valence-electron chi connectivity index (χ3n) is 5.87. The maximum absolute atomic E-state index is 10.9. The topological polar surface area (TPSA) is 63.3 Å². The number of carbonyl (C=O) groups is 1. The van der Waals surface area contributed by atoms with Crippen LogP contribution in [0.4, 0.5) is 0 Å². The van der Waals surface area contributed by atoms with E-state index in [1.54, 1.807) is 0 Å². The number of aliphatic carboxylic acids is 1. The molecule has 0 heterocycles. The van der Waals surface area contributed by atoms with Crippen LogP contribution in [0.25, 0.3) is 0 Å². The van der Waals surface area contributed by atoms with Crippen molar-refractivity contribution in [2.75, 3.05) is 6.54 Å². The van der Waals surface area contributed by atoms with Gasteiger partial charge < -0.3 is 10.8 Å². The van der Waals surface area contributed by atoms with Gasteiger partial charge in [-0.15, -0.1) is 0 Å². The Hall–Kier alpha value is -1.61. The Labute approximate surface area is 178 Å². The number of benzene rings is 1. The number of unbranched alkanes of at least 4 members (excludes halogenated alkanes) is 4. The summed E-state index contributed by atoms with van der Waals surface area (Å²) in [5.41, 5.74) is 7.17. The Balaban J connectivity index is 2.50. The lowest BCUT2D eigenvalue weighted by molar-refractivity contribution is -0.137. The molecule has 1 aromatic rings. The van der Waals surface area contributed by atoms with E-state index in [4.69, 9.17) is 10.8 Å². The molecule has 1 aromatic carbocycles. The molecular formula is C26H43NO2. The fourth-order valence-corrected chi connectivity index (χ4v) is 3.96. The number of carboxylic acid groups (broad SMARTS) is 1. The summed E-state index contributed by atoms with van der Waals surface area (Å²) in [5, 5.41) is 9.00. The molecule has 0 fully saturated rings. The van der Waals surface area contributed by atoms with Crippen molar-refractivity contribution in [3.8, 4) is 0 Å². The van der Waals surface area contributed by atoms with Crippen molar-refractivity contribution in [3.05, 3.63) is 48.0 Å². The summed E-state index contributed by atoms with van der Waals surface area (Å²) in [5.74, 6) is 0.402. The SMILES string of the molecule is CCCCCCC=CCC(CCc1ccccc1)CCC(CCN)CCC(=O)O. The average Bonchev–Trinajstić information content (AvgIpc) is 2.73. The summed E-state index contributed by atoms with van der Waals surface area (Å²) in [6.07, 6.45) is 18.9. The van der Waals surface area contributed by atoms with Crippen LogP contribution in [0.1, 0.15) is 89.5 Å². The summed E-state index contributed by atoms with van der Waals surface area (Å²) >= 11 is 0. The van der Waals surface area contributed by atoms with E-state index in [1.807, 2.05) is 0 Å². The molecule has 0 aliphatic rings. The number of rotatable bonds is 18. The zero-order valence-electron chi connectivity index (χ0n) is 18.5. The fraction of sp³-hybridized carbons (Fsp3) is 0.654. The number of carboxylic acids is 1. The Morgan fingerprint density at radius 2 is 1.72 bits per heavy atom. The molecule has 3 nitrogen and oxygen atoms in total. The van der Waals surface area contributed by atoms with Crippen LogP contribution in [0.3, 0.4) is 0 Å². The summed E-state index contributed by atoms with van der Waals surface area (Å²) in [6.45, 7) is 2.90. The van der Waals surface area contributed by atoms with Crippen LogP contribution in [-0.2, 0) is 11.2 Å². The molecule has 0 aliphatic heterocycles. The molecule has 0 aromatic heterocycles. The monoisotopic (exact) mass is 401 g/mol. The van der Waals surface area contributed by atoms with Crippen LogP contribution in [-0.4, -0.2) is 17.6 Å². The minimum atomic E-state index is -0.696. The Kier molecular flexibility index (Phi) is 15.1. The Bertz CT molecular complexity index is 541. The summed E-state index contributed by atoms with van der Waals surface area (Å²) in [7, 11) is 0. The number of hydrogen-bond acceptors (Lipinski definition) is 2. The Morgan fingerprint density at radius 1 is 0.966 bits per heavy atom. The molecular weight excluding hydrogens is 358 g/mol.